The molecule has 0 fully saturated rings. The average molecular weight is 385 g/mol. The zero-order valence-corrected chi connectivity index (χ0v) is 16.6. The molecule has 0 saturated heterocycles. The number of nitrogens with zero attached hydrogens (tertiary/aromatic N) is 4. The minimum Gasteiger partial charge on any atom is -0.392 e. The predicted octanol–water partition coefficient (Wildman–Crippen LogP) is 2.32. The Morgan fingerprint density at radius 3 is 1.73 bits per heavy atom. The molecule has 9 nitrogen and oxygen atoms in total. The van der Waals surface area contributed by atoms with Crippen LogP contribution in [0.5, 0.6) is 0 Å². The maximum absolute atomic E-state index is 9.48. The van der Waals surface area contributed by atoms with Crippen molar-refractivity contribution >= 4 is 47.0 Å². The molecule has 5 N–H and O–H groups in total. The van der Waals surface area contributed by atoms with Crippen LogP contribution in [0.3, 0.4) is 0 Å². The van der Waals surface area contributed by atoms with Crippen molar-refractivity contribution in [3.63, 3.8) is 0 Å². The quantitative estimate of drug-likeness (QED) is 0.420. The van der Waals surface area contributed by atoms with Gasteiger partial charge in [-0.2, -0.15) is 9.97 Å². The summed E-state index contributed by atoms with van der Waals surface area (Å²) in [5, 5.41) is 22.2. The third kappa shape index (κ3) is 5.70. The van der Waals surface area contributed by atoms with E-state index in [0.717, 1.165) is 19.5 Å². The number of aliphatic hydroxyl groups excluding tert-OH is 1. The number of aliphatic hydroxyl groups is 1. The van der Waals surface area contributed by atoms with Gasteiger partial charge in [0.1, 0.15) is 11.0 Å². The molecule has 0 bridgehead atoms. The van der Waals surface area contributed by atoms with Crippen molar-refractivity contribution in [2.24, 2.45) is 0 Å². The van der Waals surface area contributed by atoms with E-state index in [1.54, 1.807) is 6.92 Å². The first-order valence-electron chi connectivity index (χ1n) is 8.82. The highest BCUT2D eigenvalue weighted by Gasteiger charge is 2.15. The molecule has 0 aliphatic carbocycles. The second-order valence-corrected chi connectivity index (χ2v) is 5.71. The van der Waals surface area contributed by atoms with Crippen LogP contribution in [-0.2, 0) is 0 Å². The smallest absolute Gasteiger partial charge is 0.225 e. The number of aromatic nitrogens is 4. The minimum absolute atomic E-state index is 0. The van der Waals surface area contributed by atoms with Gasteiger partial charge in [0.15, 0.2) is 11.6 Å². The summed E-state index contributed by atoms with van der Waals surface area (Å²) in [6.45, 7) is 10.4. The van der Waals surface area contributed by atoms with Crippen LogP contribution in [0.15, 0.2) is 0 Å². The Labute approximate surface area is 160 Å². The Morgan fingerprint density at radius 1 is 0.808 bits per heavy atom. The first-order valence-corrected chi connectivity index (χ1v) is 8.82. The number of hydrogen-bond donors (Lipinski definition) is 5. The molecule has 26 heavy (non-hydrogen) atoms. The summed E-state index contributed by atoms with van der Waals surface area (Å²) < 4.78 is 0. The lowest BCUT2D eigenvalue weighted by molar-refractivity contribution is 0.208. The van der Waals surface area contributed by atoms with Crippen LogP contribution in [0, 0.1) is 0 Å². The molecule has 0 saturated carbocycles. The normalized spacial score (nSPS) is 11.6. The van der Waals surface area contributed by atoms with Gasteiger partial charge in [0.25, 0.3) is 0 Å². The van der Waals surface area contributed by atoms with Gasteiger partial charge in [-0.25, -0.2) is 9.97 Å². The molecular weight excluding hydrogens is 356 g/mol. The number of hydrogen-bond acceptors (Lipinski definition) is 9. The van der Waals surface area contributed by atoms with Crippen molar-refractivity contribution in [1.29, 1.82) is 0 Å². The molecule has 1 atom stereocenters. The van der Waals surface area contributed by atoms with E-state index in [4.69, 9.17) is 0 Å². The fraction of sp³-hybridized carbons (Fsp3) is 0.625. The largest absolute Gasteiger partial charge is 0.392 e. The van der Waals surface area contributed by atoms with Crippen molar-refractivity contribution in [3.05, 3.63) is 0 Å². The van der Waals surface area contributed by atoms with Crippen molar-refractivity contribution < 1.29 is 5.11 Å². The van der Waals surface area contributed by atoms with Gasteiger partial charge in [-0.15, -0.1) is 12.4 Å². The maximum atomic E-state index is 9.48. The van der Waals surface area contributed by atoms with Crippen molar-refractivity contribution in [1.82, 2.24) is 19.9 Å². The molecule has 2 aromatic rings. The van der Waals surface area contributed by atoms with E-state index in [2.05, 4.69) is 48.1 Å². The monoisotopic (exact) mass is 384 g/mol. The van der Waals surface area contributed by atoms with Crippen LogP contribution in [-0.4, -0.2) is 57.3 Å². The fourth-order valence-corrected chi connectivity index (χ4v) is 2.23. The second-order valence-electron chi connectivity index (χ2n) is 5.71. The van der Waals surface area contributed by atoms with Gasteiger partial charge in [0.05, 0.1) is 6.10 Å². The van der Waals surface area contributed by atoms with Crippen molar-refractivity contribution in [2.45, 2.75) is 40.2 Å². The van der Waals surface area contributed by atoms with Gasteiger partial charge < -0.3 is 26.4 Å². The maximum Gasteiger partial charge on any atom is 0.225 e. The molecule has 1 unspecified atom stereocenters. The molecule has 0 aliphatic heterocycles. The number of rotatable bonds is 10. The number of nitrogens with one attached hydrogen (secondary N) is 4. The Bertz CT molecular complexity index is 697. The van der Waals surface area contributed by atoms with Gasteiger partial charge >= 0.3 is 0 Å². The summed E-state index contributed by atoms with van der Waals surface area (Å²) in [6.07, 6.45) is 0.489. The summed E-state index contributed by atoms with van der Waals surface area (Å²) >= 11 is 0. The molecule has 0 aliphatic rings. The summed E-state index contributed by atoms with van der Waals surface area (Å²) in [5.41, 5.74) is 1.30. The van der Waals surface area contributed by atoms with Crippen LogP contribution in [0.2, 0.25) is 0 Å². The highest BCUT2D eigenvalue weighted by atomic mass is 35.5. The zero-order chi connectivity index (χ0) is 18.2. The fourth-order valence-electron chi connectivity index (χ4n) is 2.23. The Morgan fingerprint density at radius 2 is 1.31 bits per heavy atom. The van der Waals surface area contributed by atoms with Gasteiger partial charge in [-0.3, -0.25) is 0 Å². The molecule has 10 heteroatoms. The lowest BCUT2D eigenvalue weighted by Crippen LogP contribution is -2.18. The van der Waals surface area contributed by atoms with Gasteiger partial charge in [0.2, 0.25) is 11.9 Å². The van der Waals surface area contributed by atoms with Crippen molar-refractivity contribution in [3.8, 4) is 0 Å². The Kier molecular flexibility index (Phi) is 9.08. The molecule has 2 rings (SSSR count). The van der Waals surface area contributed by atoms with Crippen LogP contribution in [0.1, 0.15) is 34.1 Å². The van der Waals surface area contributed by atoms with E-state index >= 15 is 0 Å². The molecule has 0 amide bonds. The lowest BCUT2D eigenvalue weighted by atomic mass is 10.3. The van der Waals surface area contributed by atoms with Crippen LogP contribution in [0.4, 0.5) is 23.5 Å². The van der Waals surface area contributed by atoms with E-state index in [-0.39, 0.29) is 12.4 Å². The molecule has 0 aromatic carbocycles. The van der Waals surface area contributed by atoms with E-state index < -0.39 is 6.10 Å². The Balaban J connectivity index is 0.00000338. The van der Waals surface area contributed by atoms with E-state index in [0.29, 0.717) is 47.7 Å². The van der Waals surface area contributed by atoms with Crippen LogP contribution >= 0.6 is 12.4 Å². The first-order chi connectivity index (χ1) is 12.1. The highest BCUT2D eigenvalue weighted by Crippen LogP contribution is 2.26. The number of anilines is 4. The van der Waals surface area contributed by atoms with Gasteiger partial charge in [-0.1, -0.05) is 6.92 Å². The SMILES string of the molecule is CCCNc1nc(NCC)c2nc(NCC(C)O)nc(NCC)c2n1.Cl. The zero-order valence-electron chi connectivity index (χ0n) is 15.8. The van der Waals surface area contributed by atoms with Gasteiger partial charge in [-0.05, 0) is 27.2 Å². The summed E-state index contributed by atoms with van der Waals surface area (Å²) in [6, 6.07) is 0. The standard InChI is InChI=1S/C16H28N8O.ClH/c1-5-8-19-15-21-11-12(13(23-15)17-6-2)22-16(20-9-10(4)25)24-14(11)18-7-3;/h10,25H,5-9H2,1-4H3,(H2,17,19,21,23)(H2,18,20,22,24);1H. The third-order valence-corrected chi connectivity index (χ3v) is 3.32. The third-order valence-electron chi connectivity index (χ3n) is 3.32. The molecule has 0 radical (unpaired) electrons. The second kappa shape index (κ2) is 10.8. The Hall–Kier alpha value is -2.13. The summed E-state index contributed by atoms with van der Waals surface area (Å²) in [5.74, 6) is 2.29. The summed E-state index contributed by atoms with van der Waals surface area (Å²) in [7, 11) is 0. The van der Waals surface area contributed by atoms with Gasteiger partial charge in [0, 0.05) is 26.2 Å². The van der Waals surface area contributed by atoms with Crippen LogP contribution in [0.25, 0.3) is 11.0 Å². The van der Waals surface area contributed by atoms with E-state index in [1.807, 2.05) is 13.8 Å². The predicted molar refractivity (Wildman–Crippen MR) is 110 cm³/mol. The molecule has 0 spiro atoms. The first kappa shape index (κ1) is 21.9. The topological polar surface area (TPSA) is 120 Å². The van der Waals surface area contributed by atoms with Crippen LogP contribution < -0.4 is 21.3 Å². The minimum atomic E-state index is -0.494. The lowest BCUT2D eigenvalue weighted by Gasteiger charge is -2.14. The van der Waals surface area contributed by atoms with E-state index in [9.17, 15) is 5.11 Å². The average Bonchev–Trinajstić information content (AvgIpc) is 2.59. The summed E-state index contributed by atoms with van der Waals surface area (Å²) in [4.78, 5) is 18.2. The van der Waals surface area contributed by atoms with Crippen molar-refractivity contribution in [2.75, 3.05) is 47.4 Å². The molecule has 2 heterocycles. The molecule has 2 aromatic heterocycles. The highest BCUT2D eigenvalue weighted by molar-refractivity contribution is 5.94. The molecule has 146 valence electrons. The number of fused-ring (bicyclic) bond motifs is 1. The number of halogens is 1. The van der Waals surface area contributed by atoms with E-state index in [1.165, 1.54) is 0 Å². The molecular formula is C16H29ClN8O.